The number of benzene rings is 2. The molecule has 1 aliphatic carbocycles. The average Bonchev–Trinajstić information content (AvgIpc) is 2.80. The summed E-state index contributed by atoms with van der Waals surface area (Å²) < 4.78 is 0. The molecule has 4 rings (SSSR count). The van der Waals surface area contributed by atoms with Gasteiger partial charge < -0.3 is 4.90 Å². The normalized spacial score (nSPS) is 17.6. The molecule has 0 radical (unpaired) electrons. The zero-order valence-corrected chi connectivity index (χ0v) is 21.1. The van der Waals surface area contributed by atoms with Crippen LogP contribution in [0.5, 0.6) is 0 Å². The summed E-state index contributed by atoms with van der Waals surface area (Å²) in [6.07, 6.45) is 9.72. The van der Waals surface area contributed by atoms with Crippen LogP contribution in [0.1, 0.15) is 70.7 Å². The maximum Gasteiger partial charge on any atom is 0.139 e. The maximum absolute atomic E-state index is 4.42. The van der Waals surface area contributed by atoms with Gasteiger partial charge in [0, 0.05) is 19.5 Å². The number of fused-ring (bicyclic) bond motifs is 1. The maximum atomic E-state index is 4.42. The van der Waals surface area contributed by atoms with E-state index in [1.807, 2.05) is 50.2 Å². The van der Waals surface area contributed by atoms with Crippen molar-refractivity contribution in [3.63, 3.8) is 0 Å². The van der Waals surface area contributed by atoms with Gasteiger partial charge in [-0.3, -0.25) is 0 Å². The van der Waals surface area contributed by atoms with E-state index in [4.69, 9.17) is 0 Å². The Kier molecular flexibility index (Phi) is 11.2. The Bertz CT molecular complexity index is 887. The molecule has 0 aliphatic heterocycles. The first-order chi connectivity index (χ1) is 15.4. The molecule has 0 bridgehead atoms. The fourth-order valence-electron chi connectivity index (χ4n) is 3.97. The van der Waals surface area contributed by atoms with Gasteiger partial charge in [-0.15, -0.1) is 0 Å². The molecule has 3 heteroatoms. The van der Waals surface area contributed by atoms with E-state index in [0.717, 1.165) is 34.4 Å². The summed E-state index contributed by atoms with van der Waals surface area (Å²) in [5.41, 5.74) is 2.47. The molecule has 2 aromatic carbocycles. The first-order valence-electron chi connectivity index (χ1n) is 12.3. The van der Waals surface area contributed by atoms with E-state index in [0.29, 0.717) is 0 Å². The molecule has 0 saturated heterocycles. The van der Waals surface area contributed by atoms with Gasteiger partial charge in [-0.25, -0.2) is 9.97 Å². The van der Waals surface area contributed by atoms with E-state index in [9.17, 15) is 0 Å². The molecule has 174 valence electrons. The van der Waals surface area contributed by atoms with Crippen LogP contribution in [-0.2, 0) is 6.42 Å². The van der Waals surface area contributed by atoms with Crippen LogP contribution in [0.3, 0.4) is 0 Å². The fraction of sp³-hybridized carbons (Fsp3) is 0.517. The Morgan fingerprint density at radius 1 is 0.812 bits per heavy atom. The number of anilines is 1. The molecule has 1 aromatic heterocycles. The lowest BCUT2D eigenvalue weighted by Crippen LogP contribution is -2.12. The van der Waals surface area contributed by atoms with Gasteiger partial charge in [-0.1, -0.05) is 95.3 Å². The molecule has 32 heavy (non-hydrogen) atoms. The Morgan fingerprint density at radius 2 is 1.38 bits per heavy atom. The summed E-state index contributed by atoms with van der Waals surface area (Å²) in [4.78, 5) is 10.8. The number of unbranched alkanes of at least 4 members (excludes halogenated alkanes) is 1. The quantitative estimate of drug-likeness (QED) is 0.419. The van der Waals surface area contributed by atoms with E-state index >= 15 is 0 Å². The SMILES string of the molecule is CC1CCC(C)CC1.CCCCc1ccccc1.Cc1nc(N(C)C)c2ccccc2n1. The van der Waals surface area contributed by atoms with Gasteiger partial charge in [0.2, 0.25) is 0 Å². The van der Waals surface area contributed by atoms with Crippen molar-refractivity contribution in [1.29, 1.82) is 0 Å². The minimum absolute atomic E-state index is 0.812. The zero-order valence-electron chi connectivity index (χ0n) is 21.1. The van der Waals surface area contributed by atoms with E-state index in [1.165, 1.54) is 50.5 Å². The summed E-state index contributed by atoms with van der Waals surface area (Å²) in [7, 11) is 3.99. The van der Waals surface area contributed by atoms with E-state index in [1.54, 1.807) is 0 Å². The molecule has 1 aliphatic rings. The minimum Gasteiger partial charge on any atom is -0.362 e. The Hall–Kier alpha value is -2.42. The van der Waals surface area contributed by atoms with E-state index < -0.39 is 0 Å². The van der Waals surface area contributed by atoms with Crippen molar-refractivity contribution in [3.05, 3.63) is 66.0 Å². The highest BCUT2D eigenvalue weighted by Gasteiger charge is 2.13. The largest absolute Gasteiger partial charge is 0.362 e. The fourth-order valence-corrected chi connectivity index (χ4v) is 3.97. The predicted molar refractivity (Wildman–Crippen MR) is 140 cm³/mol. The second-order valence-electron chi connectivity index (χ2n) is 9.46. The average molecular weight is 434 g/mol. The van der Waals surface area contributed by atoms with Crippen molar-refractivity contribution in [3.8, 4) is 0 Å². The molecule has 0 N–H and O–H groups in total. The smallest absolute Gasteiger partial charge is 0.139 e. The van der Waals surface area contributed by atoms with Gasteiger partial charge in [0.05, 0.1) is 5.52 Å². The summed E-state index contributed by atoms with van der Waals surface area (Å²) in [5, 5.41) is 1.10. The van der Waals surface area contributed by atoms with Crippen molar-refractivity contribution < 1.29 is 0 Å². The van der Waals surface area contributed by atoms with Gasteiger partial charge in [-0.2, -0.15) is 0 Å². The van der Waals surface area contributed by atoms with Crippen molar-refractivity contribution in [1.82, 2.24) is 9.97 Å². The lowest BCUT2D eigenvalue weighted by molar-refractivity contribution is 0.308. The topological polar surface area (TPSA) is 29.0 Å². The van der Waals surface area contributed by atoms with Crippen molar-refractivity contribution >= 4 is 16.7 Å². The van der Waals surface area contributed by atoms with Crippen LogP contribution in [-0.4, -0.2) is 24.1 Å². The van der Waals surface area contributed by atoms with E-state index in [-0.39, 0.29) is 0 Å². The molecule has 1 fully saturated rings. The molecule has 1 heterocycles. The summed E-state index contributed by atoms with van der Waals surface area (Å²) in [5.74, 6) is 3.83. The van der Waals surface area contributed by atoms with Gasteiger partial charge in [0.1, 0.15) is 11.6 Å². The van der Waals surface area contributed by atoms with Gasteiger partial charge in [-0.05, 0) is 49.3 Å². The van der Waals surface area contributed by atoms with Crippen LogP contribution in [0.2, 0.25) is 0 Å². The molecule has 1 saturated carbocycles. The number of hydrogen-bond acceptors (Lipinski definition) is 3. The minimum atomic E-state index is 0.812. The number of aryl methyl sites for hydroxylation is 2. The monoisotopic (exact) mass is 433 g/mol. The second kappa shape index (κ2) is 13.9. The third-order valence-corrected chi connectivity index (χ3v) is 6.08. The zero-order chi connectivity index (χ0) is 23.3. The standard InChI is InChI=1S/C11H13N3.C10H14.C8H16/c1-8-12-10-7-5-4-6-9(10)11(13-8)14(2)3;1-2-3-7-10-8-5-4-6-9-10;1-7-3-5-8(2)6-4-7/h4-7H,1-3H3;4-6,8-9H,2-3,7H2,1H3;7-8H,3-6H2,1-2H3. The van der Waals surface area contributed by atoms with Crippen LogP contribution >= 0.6 is 0 Å². The lowest BCUT2D eigenvalue weighted by atomic mass is 9.84. The summed E-state index contributed by atoms with van der Waals surface area (Å²) in [6.45, 7) is 8.88. The first kappa shape index (κ1) is 25.8. The highest BCUT2D eigenvalue weighted by Crippen LogP contribution is 2.27. The van der Waals surface area contributed by atoms with E-state index in [2.05, 4.69) is 61.1 Å². The molecule has 3 nitrogen and oxygen atoms in total. The van der Waals surface area contributed by atoms with Crippen molar-refractivity contribution in [2.24, 2.45) is 11.8 Å². The number of hydrogen-bond donors (Lipinski definition) is 0. The molecule has 0 amide bonds. The first-order valence-corrected chi connectivity index (χ1v) is 12.3. The van der Waals surface area contributed by atoms with Crippen molar-refractivity contribution in [2.45, 2.75) is 72.6 Å². The number of rotatable bonds is 4. The van der Waals surface area contributed by atoms with Crippen LogP contribution in [0.15, 0.2) is 54.6 Å². The Morgan fingerprint density at radius 3 is 1.94 bits per heavy atom. The highest BCUT2D eigenvalue weighted by molar-refractivity contribution is 5.89. The second-order valence-corrected chi connectivity index (χ2v) is 9.46. The lowest BCUT2D eigenvalue weighted by Gasteiger charge is -2.22. The van der Waals surface area contributed by atoms with Gasteiger partial charge >= 0.3 is 0 Å². The Labute approximate surface area is 196 Å². The van der Waals surface area contributed by atoms with Crippen LogP contribution in [0.4, 0.5) is 5.82 Å². The third kappa shape index (κ3) is 8.98. The summed E-state index contributed by atoms with van der Waals surface area (Å²) in [6, 6.07) is 18.7. The summed E-state index contributed by atoms with van der Waals surface area (Å²) >= 11 is 0. The molecule has 0 atom stereocenters. The van der Waals surface area contributed by atoms with Crippen molar-refractivity contribution in [2.75, 3.05) is 19.0 Å². The van der Waals surface area contributed by atoms with Crippen LogP contribution < -0.4 is 4.90 Å². The third-order valence-electron chi connectivity index (χ3n) is 6.08. The molecule has 0 unspecified atom stereocenters. The van der Waals surface area contributed by atoms with Crippen LogP contribution in [0.25, 0.3) is 10.9 Å². The number of aromatic nitrogens is 2. The molecule has 3 aromatic rings. The highest BCUT2D eigenvalue weighted by atomic mass is 15.1. The van der Waals surface area contributed by atoms with Gasteiger partial charge in [0.25, 0.3) is 0 Å². The predicted octanol–water partition coefficient (Wildman–Crippen LogP) is 7.87. The van der Waals surface area contributed by atoms with Gasteiger partial charge in [0.15, 0.2) is 0 Å². The molecule has 0 spiro atoms. The molecular formula is C29H43N3. The number of nitrogens with zero attached hydrogens (tertiary/aromatic N) is 3. The Balaban J connectivity index is 0.000000178. The van der Waals surface area contributed by atoms with Crippen LogP contribution in [0, 0.1) is 18.8 Å². The molecular weight excluding hydrogens is 390 g/mol. The number of para-hydroxylation sites is 1.